The maximum absolute atomic E-state index is 12.6. The summed E-state index contributed by atoms with van der Waals surface area (Å²) in [4.78, 5) is 11.5. The Bertz CT molecular complexity index is 1190. The van der Waals surface area contributed by atoms with Crippen LogP contribution in [0.1, 0.15) is 30.5 Å². The Morgan fingerprint density at radius 3 is 2.21 bits per heavy atom. The number of aliphatic carboxylic acids is 1. The monoisotopic (exact) mass is 454 g/mol. The van der Waals surface area contributed by atoms with E-state index in [-0.39, 0.29) is 6.61 Å². The standard InChI is InChI=1S/C26H21F3O4/c1-25(2,24(30)31)20-8-5-9-21(17-20)33-23-11-4-3-10-22(23)32-16-6-7-18-12-14-19(15-13-18)26(27,28)29/h3-5,8-15,17H,16H2,1-2H3,(H,30,31). The van der Waals surface area contributed by atoms with E-state index in [1.807, 2.05) is 0 Å². The fourth-order valence-corrected chi connectivity index (χ4v) is 2.85. The number of ether oxygens (including phenoxy) is 2. The molecule has 0 heterocycles. The third kappa shape index (κ3) is 6.07. The van der Waals surface area contributed by atoms with Crippen molar-refractivity contribution in [3.05, 3.63) is 89.5 Å². The van der Waals surface area contributed by atoms with Gasteiger partial charge in [0.25, 0.3) is 0 Å². The summed E-state index contributed by atoms with van der Waals surface area (Å²) in [6, 6.07) is 18.3. The van der Waals surface area contributed by atoms with Gasteiger partial charge in [0.1, 0.15) is 12.4 Å². The van der Waals surface area contributed by atoms with Gasteiger partial charge in [-0.3, -0.25) is 4.79 Å². The summed E-state index contributed by atoms with van der Waals surface area (Å²) >= 11 is 0. The molecule has 0 saturated carbocycles. The van der Waals surface area contributed by atoms with Crippen molar-refractivity contribution in [1.29, 1.82) is 0 Å². The van der Waals surface area contributed by atoms with Crippen molar-refractivity contribution in [3.63, 3.8) is 0 Å². The molecule has 0 radical (unpaired) electrons. The highest BCUT2D eigenvalue weighted by atomic mass is 19.4. The second-order valence-electron chi connectivity index (χ2n) is 7.67. The molecule has 0 fully saturated rings. The molecule has 0 aliphatic heterocycles. The van der Waals surface area contributed by atoms with Crippen molar-refractivity contribution in [3.8, 4) is 29.1 Å². The van der Waals surface area contributed by atoms with E-state index in [1.54, 1.807) is 62.4 Å². The third-order valence-electron chi connectivity index (χ3n) is 4.91. The molecule has 4 nitrogen and oxygen atoms in total. The lowest BCUT2D eigenvalue weighted by molar-refractivity contribution is -0.142. The zero-order valence-corrected chi connectivity index (χ0v) is 17.9. The molecule has 0 bridgehead atoms. The van der Waals surface area contributed by atoms with Gasteiger partial charge >= 0.3 is 12.1 Å². The highest BCUT2D eigenvalue weighted by molar-refractivity contribution is 5.80. The van der Waals surface area contributed by atoms with Crippen LogP contribution in [0.2, 0.25) is 0 Å². The van der Waals surface area contributed by atoms with Gasteiger partial charge < -0.3 is 14.6 Å². The Labute approximate surface area is 189 Å². The molecular weight excluding hydrogens is 433 g/mol. The number of para-hydroxylation sites is 2. The van der Waals surface area contributed by atoms with Gasteiger partial charge in [-0.2, -0.15) is 13.2 Å². The molecule has 3 aromatic carbocycles. The molecule has 33 heavy (non-hydrogen) atoms. The topological polar surface area (TPSA) is 55.8 Å². The number of halogens is 3. The number of benzene rings is 3. The fraction of sp³-hybridized carbons (Fsp3) is 0.192. The zero-order valence-electron chi connectivity index (χ0n) is 17.9. The zero-order chi connectivity index (χ0) is 24.1. The largest absolute Gasteiger partial charge is 0.481 e. The first kappa shape index (κ1) is 23.7. The molecule has 0 aliphatic rings. The number of rotatable bonds is 6. The number of hydrogen-bond donors (Lipinski definition) is 1. The first-order valence-electron chi connectivity index (χ1n) is 9.97. The minimum Gasteiger partial charge on any atom is -0.481 e. The van der Waals surface area contributed by atoms with Crippen LogP contribution in [0.15, 0.2) is 72.8 Å². The normalized spacial score (nSPS) is 11.3. The van der Waals surface area contributed by atoms with Gasteiger partial charge in [0.2, 0.25) is 0 Å². The van der Waals surface area contributed by atoms with Crippen molar-refractivity contribution in [1.82, 2.24) is 0 Å². The second kappa shape index (κ2) is 9.70. The SMILES string of the molecule is CC(C)(C(=O)O)c1cccc(Oc2ccccc2OCC#Cc2ccc(C(F)(F)F)cc2)c1. The maximum Gasteiger partial charge on any atom is 0.416 e. The van der Waals surface area contributed by atoms with Crippen LogP contribution >= 0.6 is 0 Å². The van der Waals surface area contributed by atoms with E-state index in [0.29, 0.717) is 28.4 Å². The number of carbonyl (C=O) groups is 1. The Morgan fingerprint density at radius 2 is 1.58 bits per heavy atom. The molecule has 3 rings (SSSR count). The molecule has 0 aliphatic carbocycles. The van der Waals surface area contributed by atoms with Crippen molar-refractivity contribution < 1.29 is 32.5 Å². The lowest BCUT2D eigenvalue weighted by atomic mass is 9.85. The quantitative estimate of drug-likeness (QED) is 0.445. The van der Waals surface area contributed by atoms with Crippen LogP contribution < -0.4 is 9.47 Å². The highest BCUT2D eigenvalue weighted by Gasteiger charge is 2.30. The first-order chi connectivity index (χ1) is 15.6. The van der Waals surface area contributed by atoms with Gasteiger partial charge in [-0.25, -0.2) is 0 Å². The summed E-state index contributed by atoms with van der Waals surface area (Å²) in [5.74, 6) is 5.86. The van der Waals surface area contributed by atoms with Crippen molar-refractivity contribution in [2.75, 3.05) is 6.61 Å². The highest BCUT2D eigenvalue weighted by Crippen LogP contribution is 2.34. The van der Waals surface area contributed by atoms with Crippen molar-refractivity contribution >= 4 is 5.97 Å². The van der Waals surface area contributed by atoms with Crippen LogP contribution in [0, 0.1) is 11.8 Å². The lowest BCUT2D eigenvalue weighted by Gasteiger charge is -2.20. The summed E-state index contributed by atoms with van der Waals surface area (Å²) in [6.45, 7) is 3.22. The molecular formula is C26H21F3O4. The van der Waals surface area contributed by atoms with Crippen LogP contribution in [0.3, 0.4) is 0 Å². The van der Waals surface area contributed by atoms with E-state index in [1.165, 1.54) is 12.1 Å². The molecule has 0 saturated heterocycles. The third-order valence-corrected chi connectivity index (χ3v) is 4.91. The van der Waals surface area contributed by atoms with Gasteiger partial charge in [0.05, 0.1) is 11.0 Å². The summed E-state index contributed by atoms with van der Waals surface area (Å²) in [5, 5.41) is 9.45. The van der Waals surface area contributed by atoms with Crippen LogP contribution in [-0.4, -0.2) is 17.7 Å². The molecule has 170 valence electrons. The van der Waals surface area contributed by atoms with E-state index in [0.717, 1.165) is 12.1 Å². The summed E-state index contributed by atoms with van der Waals surface area (Å²) < 4.78 is 49.5. The summed E-state index contributed by atoms with van der Waals surface area (Å²) in [5.41, 5.74) is -0.781. The number of hydrogen-bond acceptors (Lipinski definition) is 3. The maximum atomic E-state index is 12.6. The lowest BCUT2D eigenvalue weighted by Crippen LogP contribution is -2.28. The Kier molecular flexibility index (Phi) is 6.98. The van der Waals surface area contributed by atoms with E-state index < -0.39 is 23.1 Å². The fourth-order valence-electron chi connectivity index (χ4n) is 2.85. The van der Waals surface area contributed by atoms with Crippen LogP contribution in [-0.2, 0) is 16.4 Å². The molecule has 0 aromatic heterocycles. The van der Waals surface area contributed by atoms with Gasteiger partial charge in [-0.15, -0.1) is 0 Å². The average molecular weight is 454 g/mol. The van der Waals surface area contributed by atoms with E-state index >= 15 is 0 Å². The Hall–Kier alpha value is -3.92. The van der Waals surface area contributed by atoms with Crippen molar-refractivity contribution in [2.45, 2.75) is 25.4 Å². The molecule has 7 heteroatoms. The number of alkyl halides is 3. The molecule has 3 aromatic rings. The van der Waals surface area contributed by atoms with Crippen molar-refractivity contribution in [2.24, 2.45) is 0 Å². The second-order valence-corrected chi connectivity index (χ2v) is 7.67. The molecule has 1 N–H and O–H groups in total. The summed E-state index contributed by atoms with van der Waals surface area (Å²) in [7, 11) is 0. The molecule has 0 atom stereocenters. The van der Waals surface area contributed by atoms with Gasteiger partial charge in [0.15, 0.2) is 11.5 Å². The molecule has 0 amide bonds. The van der Waals surface area contributed by atoms with Crippen LogP contribution in [0.4, 0.5) is 13.2 Å². The Morgan fingerprint density at radius 1 is 0.909 bits per heavy atom. The van der Waals surface area contributed by atoms with Gasteiger partial charge in [-0.1, -0.05) is 36.1 Å². The van der Waals surface area contributed by atoms with Crippen LogP contribution in [0.5, 0.6) is 17.2 Å². The van der Waals surface area contributed by atoms with E-state index in [2.05, 4.69) is 11.8 Å². The molecule has 0 spiro atoms. The van der Waals surface area contributed by atoms with E-state index in [4.69, 9.17) is 9.47 Å². The Balaban J connectivity index is 1.69. The minimum absolute atomic E-state index is 0.00647. The summed E-state index contributed by atoms with van der Waals surface area (Å²) in [6.07, 6.45) is -4.39. The number of carboxylic acid groups (broad SMARTS) is 1. The average Bonchev–Trinajstić information content (AvgIpc) is 2.77. The predicted octanol–water partition coefficient (Wildman–Crippen LogP) is 6.29. The predicted molar refractivity (Wildman–Crippen MR) is 117 cm³/mol. The van der Waals surface area contributed by atoms with E-state index in [9.17, 15) is 23.1 Å². The van der Waals surface area contributed by atoms with Gasteiger partial charge in [-0.05, 0) is 67.9 Å². The van der Waals surface area contributed by atoms with Crippen LogP contribution in [0.25, 0.3) is 0 Å². The first-order valence-corrected chi connectivity index (χ1v) is 9.97. The van der Waals surface area contributed by atoms with Gasteiger partial charge in [0, 0.05) is 5.56 Å². The molecule has 0 unspecified atom stereocenters. The number of carboxylic acids is 1. The minimum atomic E-state index is -4.39. The smallest absolute Gasteiger partial charge is 0.416 e.